The molecule has 14 heavy (non-hydrogen) atoms. The minimum atomic E-state index is -0.470. The Hall–Kier alpha value is -0.610. The maximum absolute atomic E-state index is 11.9. The Kier molecular flexibility index (Phi) is 3.50. The van der Waals surface area contributed by atoms with E-state index in [-0.39, 0.29) is 12.0 Å². The van der Waals surface area contributed by atoms with Crippen molar-refractivity contribution in [2.45, 2.75) is 32.8 Å². The molecule has 1 saturated heterocycles. The van der Waals surface area contributed by atoms with Crippen LogP contribution < -0.4 is 5.73 Å². The monoisotopic (exact) mass is 200 g/mol. The van der Waals surface area contributed by atoms with Crippen LogP contribution in [-0.4, -0.2) is 41.7 Å². The molecule has 0 spiro atoms. The molecule has 1 fully saturated rings. The lowest BCUT2D eigenvalue weighted by atomic mass is 9.91. The zero-order valence-corrected chi connectivity index (χ0v) is 8.99. The second kappa shape index (κ2) is 4.28. The second-order valence-electron chi connectivity index (χ2n) is 4.61. The highest BCUT2D eigenvalue weighted by molar-refractivity contribution is 5.82. The molecule has 0 aromatic heterocycles. The van der Waals surface area contributed by atoms with Gasteiger partial charge in [0, 0.05) is 19.6 Å². The summed E-state index contributed by atoms with van der Waals surface area (Å²) in [5, 5.41) is 9.31. The van der Waals surface area contributed by atoms with E-state index in [1.165, 1.54) is 0 Å². The molecule has 1 aliphatic rings. The van der Waals surface area contributed by atoms with Crippen LogP contribution in [0.4, 0.5) is 0 Å². The smallest absolute Gasteiger partial charge is 0.229 e. The van der Waals surface area contributed by atoms with Crippen LogP contribution in [0.25, 0.3) is 0 Å². The molecule has 0 aromatic carbocycles. The van der Waals surface area contributed by atoms with Crippen LogP contribution in [0, 0.1) is 5.41 Å². The summed E-state index contributed by atoms with van der Waals surface area (Å²) >= 11 is 0. The number of carbonyl (C=O) groups is 1. The SMILES string of the molecule is CC(C)(CN)C(=O)N1CCC(O)CC1. The van der Waals surface area contributed by atoms with Gasteiger partial charge < -0.3 is 15.7 Å². The average Bonchev–Trinajstić information content (AvgIpc) is 2.18. The number of aliphatic hydroxyl groups is 1. The second-order valence-corrected chi connectivity index (χ2v) is 4.61. The van der Waals surface area contributed by atoms with E-state index in [0.29, 0.717) is 32.5 Å². The molecule has 1 rings (SSSR count). The molecule has 0 unspecified atom stereocenters. The van der Waals surface area contributed by atoms with E-state index >= 15 is 0 Å². The van der Waals surface area contributed by atoms with Crippen LogP contribution >= 0.6 is 0 Å². The first-order valence-corrected chi connectivity index (χ1v) is 5.15. The van der Waals surface area contributed by atoms with Crippen molar-refractivity contribution < 1.29 is 9.90 Å². The molecule has 1 aliphatic heterocycles. The summed E-state index contributed by atoms with van der Waals surface area (Å²) in [5.74, 6) is 0.104. The van der Waals surface area contributed by atoms with Gasteiger partial charge in [0.1, 0.15) is 0 Å². The minimum absolute atomic E-state index is 0.104. The zero-order chi connectivity index (χ0) is 10.8. The Balaban J connectivity index is 2.54. The minimum Gasteiger partial charge on any atom is -0.393 e. The Labute approximate surface area is 85.1 Å². The van der Waals surface area contributed by atoms with Gasteiger partial charge in [0.2, 0.25) is 5.91 Å². The van der Waals surface area contributed by atoms with Crippen molar-refractivity contribution in [2.75, 3.05) is 19.6 Å². The van der Waals surface area contributed by atoms with Gasteiger partial charge in [0.05, 0.1) is 11.5 Å². The van der Waals surface area contributed by atoms with E-state index in [9.17, 15) is 9.90 Å². The van der Waals surface area contributed by atoms with Crippen LogP contribution in [-0.2, 0) is 4.79 Å². The molecule has 4 heteroatoms. The fourth-order valence-electron chi connectivity index (χ4n) is 1.58. The van der Waals surface area contributed by atoms with Crippen molar-refractivity contribution in [3.63, 3.8) is 0 Å². The fourth-order valence-corrected chi connectivity index (χ4v) is 1.58. The molecule has 0 aromatic rings. The predicted molar refractivity (Wildman–Crippen MR) is 54.7 cm³/mol. The van der Waals surface area contributed by atoms with Crippen LogP contribution in [0.1, 0.15) is 26.7 Å². The first kappa shape index (κ1) is 11.5. The summed E-state index contributed by atoms with van der Waals surface area (Å²) in [6.07, 6.45) is 1.14. The van der Waals surface area contributed by atoms with E-state index in [4.69, 9.17) is 5.73 Å². The van der Waals surface area contributed by atoms with Gasteiger partial charge in [0.25, 0.3) is 0 Å². The summed E-state index contributed by atoms with van der Waals surface area (Å²) < 4.78 is 0. The zero-order valence-electron chi connectivity index (χ0n) is 8.99. The van der Waals surface area contributed by atoms with Crippen molar-refractivity contribution in [1.29, 1.82) is 0 Å². The number of aliphatic hydroxyl groups excluding tert-OH is 1. The summed E-state index contributed by atoms with van der Waals surface area (Å²) in [4.78, 5) is 13.7. The van der Waals surface area contributed by atoms with E-state index < -0.39 is 5.41 Å². The molecule has 0 bridgehead atoms. The van der Waals surface area contributed by atoms with Crippen molar-refractivity contribution in [1.82, 2.24) is 4.90 Å². The normalized spacial score (nSPS) is 19.9. The molecular formula is C10H20N2O2. The van der Waals surface area contributed by atoms with Crippen LogP contribution in [0.3, 0.4) is 0 Å². The summed E-state index contributed by atoms with van der Waals surface area (Å²) in [6.45, 7) is 5.40. The number of nitrogens with two attached hydrogens (primary N) is 1. The van der Waals surface area contributed by atoms with Crippen LogP contribution in [0.2, 0.25) is 0 Å². The van der Waals surface area contributed by atoms with Crippen molar-refractivity contribution in [3.05, 3.63) is 0 Å². The number of carbonyl (C=O) groups excluding carboxylic acids is 1. The van der Waals surface area contributed by atoms with Gasteiger partial charge in [-0.2, -0.15) is 0 Å². The maximum Gasteiger partial charge on any atom is 0.229 e. The van der Waals surface area contributed by atoms with E-state index in [1.54, 1.807) is 4.90 Å². The average molecular weight is 200 g/mol. The van der Waals surface area contributed by atoms with Gasteiger partial charge in [-0.05, 0) is 26.7 Å². The Morgan fingerprint density at radius 3 is 2.43 bits per heavy atom. The lowest BCUT2D eigenvalue weighted by Crippen LogP contribution is -2.48. The summed E-state index contributed by atoms with van der Waals surface area (Å²) in [7, 11) is 0. The van der Waals surface area contributed by atoms with Gasteiger partial charge in [-0.15, -0.1) is 0 Å². The molecule has 3 N–H and O–H groups in total. The third kappa shape index (κ3) is 2.45. The maximum atomic E-state index is 11.9. The summed E-state index contributed by atoms with van der Waals surface area (Å²) in [5.41, 5.74) is 5.07. The number of rotatable bonds is 2. The van der Waals surface area contributed by atoms with E-state index in [0.717, 1.165) is 0 Å². The topological polar surface area (TPSA) is 66.6 Å². The number of likely N-dealkylation sites (tertiary alicyclic amines) is 1. The van der Waals surface area contributed by atoms with Crippen molar-refractivity contribution in [2.24, 2.45) is 11.1 Å². The number of hydrogen-bond donors (Lipinski definition) is 2. The third-order valence-electron chi connectivity index (χ3n) is 2.84. The van der Waals surface area contributed by atoms with Crippen molar-refractivity contribution >= 4 is 5.91 Å². The quantitative estimate of drug-likeness (QED) is 0.657. The predicted octanol–water partition coefficient (Wildman–Crippen LogP) is -0.0454. The highest BCUT2D eigenvalue weighted by atomic mass is 16.3. The van der Waals surface area contributed by atoms with Gasteiger partial charge >= 0.3 is 0 Å². The molecule has 1 amide bonds. The number of nitrogens with zero attached hydrogens (tertiary/aromatic N) is 1. The largest absolute Gasteiger partial charge is 0.393 e. The van der Waals surface area contributed by atoms with Gasteiger partial charge in [-0.3, -0.25) is 4.79 Å². The number of amides is 1. The third-order valence-corrected chi connectivity index (χ3v) is 2.84. The molecule has 0 atom stereocenters. The highest BCUT2D eigenvalue weighted by Gasteiger charge is 2.32. The fraction of sp³-hybridized carbons (Fsp3) is 0.900. The Morgan fingerprint density at radius 1 is 1.50 bits per heavy atom. The molecular weight excluding hydrogens is 180 g/mol. The first-order chi connectivity index (χ1) is 6.47. The lowest BCUT2D eigenvalue weighted by molar-refractivity contribution is -0.141. The molecule has 1 heterocycles. The Bertz CT molecular complexity index is 208. The molecule has 82 valence electrons. The lowest BCUT2D eigenvalue weighted by Gasteiger charge is -2.35. The Morgan fingerprint density at radius 2 is 2.00 bits per heavy atom. The summed E-state index contributed by atoms with van der Waals surface area (Å²) in [6, 6.07) is 0. The number of piperidine rings is 1. The molecule has 0 radical (unpaired) electrons. The van der Waals surface area contributed by atoms with Crippen LogP contribution in [0.5, 0.6) is 0 Å². The standard InChI is InChI=1S/C10H20N2O2/c1-10(2,7-11)9(14)12-5-3-8(13)4-6-12/h8,13H,3-7,11H2,1-2H3. The van der Waals surface area contributed by atoms with E-state index in [2.05, 4.69) is 0 Å². The molecule has 0 saturated carbocycles. The first-order valence-electron chi connectivity index (χ1n) is 5.15. The van der Waals surface area contributed by atoms with Gasteiger partial charge in [-0.25, -0.2) is 0 Å². The molecule has 0 aliphatic carbocycles. The number of hydrogen-bond acceptors (Lipinski definition) is 3. The van der Waals surface area contributed by atoms with Crippen molar-refractivity contribution in [3.8, 4) is 0 Å². The van der Waals surface area contributed by atoms with Gasteiger partial charge in [0.15, 0.2) is 0 Å². The van der Waals surface area contributed by atoms with E-state index in [1.807, 2.05) is 13.8 Å². The molecule has 4 nitrogen and oxygen atoms in total. The highest BCUT2D eigenvalue weighted by Crippen LogP contribution is 2.20. The van der Waals surface area contributed by atoms with Crippen LogP contribution in [0.15, 0.2) is 0 Å². The van der Waals surface area contributed by atoms with Gasteiger partial charge in [-0.1, -0.05) is 0 Å².